The molecule has 0 aromatic heterocycles. The van der Waals surface area contributed by atoms with Gasteiger partial charge in [-0.05, 0) is 55.1 Å². The van der Waals surface area contributed by atoms with Crippen LogP contribution in [-0.2, 0) is 0 Å². The maximum Gasteiger partial charge on any atom is 0.120 e. The number of aromatic hydroxyl groups is 1. The fourth-order valence-corrected chi connectivity index (χ4v) is 4.74. The predicted molar refractivity (Wildman–Crippen MR) is 82.1 cm³/mol. The van der Waals surface area contributed by atoms with Gasteiger partial charge in [0.2, 0.25) is 0 Å². The van der Waals surface area contributed by atoms with Crippen LogP contribution >= 0.6 is 11.8 Å². The quantitative estimate of drug-likeness (QED) is 0.864. The van der Waals surface area contributed by atoms with Gasteiger partial charge in [-0.25, -0.2) is 0 Å². The fraction of sp³-hybridized carbons (Fsp3) is 0.625. The summed E-state index contributed by atoms with van der Waals surface area (Å²) in [5.74, 6) is 3.55. The lowest BCUT2D eigenvalue weighted by Gasteiger charge is -2.27. The summed E-state index contributed by atoms with van der Waals surface area (Å²) in [6.45, 7) is 4.44. The largest absolute Gasteiger partial charge is 0.508 e. The van der Waals surface area contributed by atoms with Crippen LogP contribution in [-0.4, -0.2) is 22.7 Å². The Labute approximate surface area is 120 Å². The molecule has 1 saturated heterocycles. The standard InChI is InChI=1S/C16H23NOS/c1-10-5-6-14(18)16-13(8-11(2)15(10)16)17-12-4-3-7-19-9-12/h5-6,11-13,17-18H,3-4,7-9H2,1-2H3. The molecule has 1 aromatic rings. The van der Waals surface area contributed by atoms with Crippen LogP contribution < -0.4 is 5.32 Å². The Balaban J connectivity index is 1.84. The van der Waals surface area contributed by atoms with E-state index in [9.17, 15) is 5.11 Å². The van der Waals surface area contributed by atoms with E-state index >= 15 is 0 Å². The molecule has 0 amide bonds. The molecule has 1 aliphatic heterocycles. The maximum atomic E-state index is 10.2. The molecule has 19 heavy (non-hydrogen) atoms. The van der Waals surface area contributed by atoms with Crippen LogP contribution in [0, 0.1) is 6.92 Å². The average Bonchev–Trinajstić information content (AvgIpc) is 2.73. The Morgan fingerprint density at radius 1 is 1.32 bits per heavy atom. The number of hydrogen-bond donors (Lipinski definition) is 2. The van der Waals surface area contributed by atoms with Gasteiger partial charge in [0.05, 0.1) is 0 Å². The predicted octanol–water partition coefficient (Wildman–Crippen LogP) is 3.73. The minimum atomic E-state index is 0.341. The van der Waals surface area contributed by atoms with Gasteiger partial charge >= 0.3 is 0 Å². The first-order valence-electron chi connectivity index (χ1n) is 7.33. The highest BCUT2D eigenvalue weighted by molar-refractivity contribution is 7.99. The molecule has 1 aliphatic carbocycles. The fourth-order valence-electron chi connectivity index (χ4n) is 3.65. The van der Waals surface area contributed by atoms with Crippen molar-refractivity contribution >= 4 is 11.8 Å². The molecule has 2 N–H and O–H groups in total. The Bertz CT molecular complexity index is 468. The molecule has 2 nitrogen and oxygen atoms in total. The lowest BCUT2D eigenvalue weighted by atomic mass is 9.97. The van der Waals surface area contributed by atoms with Crippen LogP contribution in [0.2, 0.25) is 0 Å². The van der Waals surface area contributed by atoms with Crippen molar-refractivity contribution in [3.63, 3.8) is 0 Å². The molecule has 0 saturated carbocycles. The first-order chi connectivity index (χ1) is 9.16. The summed E-state index contributed by atoms with van der Waals surface area (Å²) in [5.41, 5.74) is 3.87. The van der Waals surface area contributed by atoms with E-state index in [1.165, 1.54) is 41.0 Å². The third kappa shape index (κ3) is 2.50. The van der Waals surface area contributed by atoms with Crippen LogP contribution in [0.4, 0.5) is 0 Å². The monoisotopic (exact) mass is 277 g/mol. The maximum absolute atomic E-state index is 10.2. The van der Waals surface area contributed by atoms with Gasteiger partial charge in [-0.1, -0.05) is 13.0 Å². The molecule has 1 fully saturated rings. The average molecular weight is 277 g/mol. The summed E-state index contributed by atoms with van der Waals surface area (Å²) < 4.78 is 0. The lowest BCUT2D eigenvalue weighted by molar-refractivity contribution is 0.404. The number of rotatable bonds is 2. The van der Waals surface area contributed by atoms with E-state index < -0.39 is 0 Å². The summed E-state index contributed by atoms with van der Waals surface area (Å²) in [4.78, 5) is 0. The molecule has 3 atom stereocenters. The van der Waals surface area contributed by atoms with Crippen molar-refractivity contribution in [2.24, 2.45) is 0 Å². The third-order valence-electron chi connectivity index (χ3n) is 4.51. The molecule has 3 rings (SSSR count). The summed E-state index contributed by atoms with van der Waals surface area (Å²) in [7, 11) is 0. The van der Waals surface area contributed by atoms with Gasteiger partial charge in [0.15, 0.2) is 0 Å². The summed E-state index contributed by atoms with van der Waals surface area (Å²) in [6.07, 6.45) is 3.71. The molecule has 0 bridgehead atoms. The highest BCUT2D eigenvalue weighted by Crippen LogP contribution is 2.46. The van der Waals surface area contributed by atoms with Crippen molar-refractivity contribution in [1.29, 1.82) is 0 Å². The van der Waals surface area contributed by atoms with Crippen LogP contribution in [0.1, 0.15) is 54.8 Å². The van der Waals surface area contributed by atoms with E-state index in [-0.39, 0.29) is 0 Å². The van der Waals surface area contributed by atoms with Crippen molar-refractivity contribution < 1.29 is 5.11 Å². The zero-order valence-corrected chi connectivity index (χ0v) is 12.6. The number of nitrogens with one attached hydrogen (secondary N) is 1. The zero-order valence-electron chi connectivity index (χ0n) is 11.8. The molecule has 104 valence electrons. The summed E-state index contributed by atoms with van der Waals surface area (Å²) in [6, 6.07) is 4.86. The highest BCUT2D eigenvalue weighted by atomic mass is 32.2. The molecule has 2 aliphatic rings. The number of fused-ring (bicyclic) bond motifs is 1. The number of phenolic OH excluding ortho intramolecular Hbond substituents is 1. The van der Waals surface area contributed by atoms with Crippen molar-refractivity contribution in [2.75, 3.05) is 11.5 Å². The number of benzene rings is 1. The smallest absolute Gasteiger partial charge is 0.120 e. The van der Waals surface area contributed by atoms with Gasteiger partial charge in [0, 0.05) is 23.4 Å². The van der Waals surface area contributed by atoms with Gasteiger partial charge in [-0.2, -0.15) is 11.8 Å². The Morgan fingerprint density at radius 2 is 2.16 bits per heavy atom. The normalized spacial score (nSPS) is 30.3. The number of phenols is 1. The van der Waals surface area contributed by atoms with E-state index in [0.29, 0.717) is 23.8 Å². The van der Waals surface area contributed by atoms with Gasteiger partial charge in [-0.15, -0.1) is 0 Å². The van der Waals surface area contributed by atoms with Gasteiger partial charge in [-0.3, -0.25) is 0 Å². The van der Waals surface area contributed by atoms with Crippen LogP contribution in [0.3, 0.4) is 0 Å². The van der Waals surface area contributed by atoms with Gasteiger partial charge in [0.25, 0.3) is 0 Å². The molecule has 1 heterocycles. The minimum Gasteiger partial charge on any atom is -0.508 e. The molecular weight excluding hydrogens is 254 g/mol. The second-order valence-electron chi connectivity index (χ2n) is 6.00. The Kier molecular flexibility index (Phi) is 3.77. The summed E-state index contributed by atoms with van der Waals surface area (Å²) in [5, 5.41) is 14.0. The topological polar surface area (TPSA) is 32.3 Å². The molecule has 3 heteroatoms. The van der Waals surface area contributed by atoms with Crippen LogP contribution in [0.25, 0.3) is 0 Å². The lowest BCUT2D eigenvalue weighted by Crippen LogP contribution is -2.36. The van der Waals surface area contributed by atoms with Crippen LogP contribution in [0.5, 0.6) is 5.75 Å². The van der Waals surface area contributed by atoms with E-state index in [4.69, 9.17) is 0 Å². The third-order valence-corrected chi connectivity index (χ3v) is 5.73. The summed E-state index contributed by atoms with van der Waals surface area (Å²) >= 11 is 2.05. The Morgan fingerprint density at radius 3 is 2.89 bits per heavy atom. The number of hydrogen-bond acceptors (Lipinski definition) is 3. The Hall–Kier alpha value is -0.670. The van der Waals surface area contributed by atoms with Crippen molar-refractivity contribution in [3.8, 4) is 5.75 Å². The van der Waals surface area contributed by atoms with E-state index in [1.807, 2.05) is 12.1 Å². The van der Waals surface area contributed by atoms with E-state index in [0.717, 1.165) is 6.42 Å². The van der Waals surface area contributed by atoms with E-state index in [1.54, 1.807) is 0 Å². The number of aryl methyl sites for hydroxylation is 1. The second kappa shape index (κ2) is 5.37. The van der Waals surface area contributed by atoms with E-state index in [2.05, 4.69) is 30.9 Å². The first-order valence-corrected chi connectivity index (χ1v) is 8.48. The van der Waals surface area contributed by atoms with Gasteiger partial charge < -0.3 is 10.4 Å². The van der Waals surface area contributed by atoms with Crippen LogP contribution in [0.15, 0.2) is 12.1 Å². The van der Waals surface area contributed by atoms with Crippen molar-refractivity contribution in [2.45, 2.75) is 51.1 Å². The molecule has 3 unspecified atom stereocenters. The molecule has 1 aromatic carbocycles. The first kappa shape index (κ1) is 13.3. The second-order valence-corrected chi connectivity index (χ2v) is 7.15. The zero-order chi connectivity index (χ0) is 13.4. The number of thioether (sulfide) groups is 1. The molecule has 0 radical (unpaired) electrons. The van der Waals surface area contributed by atoms with Crippen molar-refractivity contribution in [1.82, 2.24) is 5.32 Å². The van der Waals surface area contributed by atoms with Gasteiger partial charge in [0.1, 0.15) is 5.75 Å². The molecular formula is C16H23NOS. The minimum absolute atomic E-state index is 0.341. The molecule has 0 spiro atoms. The van der Waals surface area contributed by atoms with Crippen molar-refractivity contribution in [3.05, 3.63) is 28.8 Å². The SMILES string of the molecule is Cc1ccc(O)c2c1C(C)CC2NC1CCCSC1. The highest BCUT2D eigenvalue weighted by Gasteiger charge is 2.33.